The Labute approximate surface area is 153 Å². The minimum atomic E-state index is -1.98. The van der Waals surface area contributed by atoms with Gasteiger partial charge in [0.15, 0.2) is 18.5 Å². The fraction of sp³-hybridized carbons (Fsp3) is 0.600. The van der Waals surface area contributed by atoms with Gasteiger partial charge >= 0.3 is 11.7 Å². The molecule has 1 aromatic rings. The Hall–Kier alpha value is -2.04. The number of halogens is 2. The molecule has 1 fully saturated rings. The third kappa shape index (κ3) is 4.19. The van der Waals surface area contributed by atoms with Gasteiger partial charge in [0.1, 0.15) is 18.2 Å². The van der Waals surface area contributed by atoms with Crippen LogP contribution in [0.1, 0.15) is 26.5 Å². The third-order valence-corrected chi connectivity index (χ3v) is 4.12. The van der Waals surface area contributed by atoms with E-state index in [0.29, 0.717) is 6.29 Å². The van der Waals surface area contributed by atoms with E-state index in [2.05, 4.69) is 4.98 Å². The molecule has 1 aliphatic rings. The van der Waals surface area contributed by atoms with Gasteiger partial charge in [0.25, 0.3) is 0 Å². The summed E-state index contributed by atoms with van der Waals surface area (Å²) in [6, 6.07) is 1.28. The zero-order chi connectivity index (χ0) is 19.5. The molecule has 9 nitrogen and oxygen atoms in total. The van der Waals surface area contributed by atoms with Crippen LogP contribution in [0, 0.1) is 0 Å². The second kappa shape index (κ2) is 8.11. The molecular weight excluding hydrogens is 373 g/mol. The number of rotatable bonds is 7. The molecule has 1 unspecified atom stereocenters. The van der Waals surface area contributed by atoms with Gasteiger partial charge in [0, 0.05) is 12.6 Å². The van der Waals surface area contributed by atoms with Crippen molar-refractivity contribution in [3.63, 3.8) is 0 Å². The molecule has 1 aliphatic heterocycles. The first-order valence-electron chi connectivity index (χ1n) is 7.83. The van der Waals surface area contributed by atoms with Crippen LogP contribution in [0.5, 0.6) is 0 Å². The second-order valence-corrected chi connectivity index (χ2v) is 6.34. The van der Waals surface area contributed by atoms with Crippen molar-refractivity contribution in [1.29, 1.82) is 0 Å². The first-order valence-corrected chi connectivity index (χ1v) is 8.21. The van der Waals surface area contributed by atoms with Crippen LogP contribution in [-0.2, 0) is 23.8 Å². The van der Waals surface area contributed by atoms with Crippen molar-refractivity contribution in [2.75, 3.05) is 12.3 Å². The molecule has 144 valence electrons. The number of carbonyl (C=O) groups excluding carboxylic acids is 2. The van der Waals surface area contributed by atoms with Crippen molar-refractivity contribution in [2.24, 2.45) is 0 Å². The SMILES string of the molecule is CCC(=O)O[C@H]1[C@@H](F)[C@H](n2ccc(N)nc2=O)O[C@]1(Cl)COC(C)C=O. The van der Waals surface area contributed by atoms with Gasteiger partial charge in [-0.15, -0.1) is 0 Å². The fourth-order valence-electron chi connectivity index (χ4n) is 2.33. The molecule has 1 saturated heterocycles. The van der Waals surface area contributed by atoms with Gasteiger partial charge in [-0.25, -0.2) is 9.18 Å². The van der Waals surface area contributed by atoms with Crippen LogP contribution in [0.3, 0.4) is 0 Å². The summed E-state index contributed by atoms with van der Waals surface area (Å²) in [5.74, 6) is -0.757. The molecule has 2 N–H and O–H groups in total. The first-order chi connectivity index (χ1) is 12.2. The number of esters is 1. The number of aldehydes is 1. The minimum Gasteiger partial charge on any atom is -0.454 e. The Morgan fingerprint density at radius 1 is 1.65 bits per heavy atom. The zero-order valence-electron chi connectivity index (χ0n) is 14.1. The lowest BCUT2D eigenvalue weighted by Crippen LogP contribution is -2.45. The number of nitrogens with zero attached hydrogens (tertiary/aromatic N) is 2. The summed E-state index contributed by atoms with van der Waals surface area (Å²) in [7, 11) is 0. The van der Waals surface area contributed by atoms with Crippen molar-refractivity contribution < 1.29 is 28.2 Å². The molecular formula is C15H19ClFN3O6. The van der Waals surface area contributed by atoms with Crippen LogP contribution in [0.15, 0.2) is 17.1 Å². The Morgan fingerprint density at radius 3 is 2.92 bits per heavy atom. The summed E-state index contributed by atoms with van der Waals surface area (Å²) >= 11 is 6.32. The normalized spacial score (nSPS) is 29.3. The standard InChI is InChI=1S/C15H19ClFN3O6/c1-3-10(22)25-12-11(17)13(20-5-4-9(18)19-14(20)23)26-15(12,16)7-24-8(2)6-21/h4-6,8,11-13H,3,7H2,1-2H3,(H2,18,19,23)/t8?,11-,12+,13-,15-/m1/s1. The highest BCUT2D eigenvalue weighted by molar-refractivity contribution is 6.23. The second-order valence-electron chi connectivity index (χ2n) is 5.70. The Morgan fingerprint density at radius 2 is 2.35 bits per heavy atom. The van der Waals surface area contributed by atoms with E-state index < -0.39 is 47.9 Å². The molecule has 5 atom stereocenters. The van der Waals surface area contributed by atoms with E-state index in [9.17, 15) is 18.8 Å². The Balaban J connectivity index is 2.34. The highest BCUT2D eigenvalue weighted by Crippen LogP contribution is 2.43. The van der Waals surface area contributed by atoms with Crippen LogP contribution < -0.4 is 11.4 Å². The number of hydrogen-bond acceptors (Lipinski definition) is 8. The Kier molecular flexibility index (Phi) is 6.32. The van der Waals surface area contributed by atoms with Crippen molar-refractivity contribution in [2.45, 2.75) is 49.9 Å². The molecule has 0 aromatic carbocycles. The zero-order valence-corrected chi connectivity index (χ0v) is 14.9. The van der Waals surface area contributed by atoms with Gasteiger partial charge in [0.05, 0.1) is 6.61 Å². The number of ether oxygens (including phenoxy) is 3. The summed E-state index contributed by atoms with van der Waals surface area (Å²) in [6.07, 6.45) is -4.21. The lowest BCUT2D eigenvalue weighted by molar-refractivity contribution is -0.160. The molecule has 0 spiro atoms. The molecule has 1 aromatic heterocycles. The smallest absolute Gasteiger partial charge is 0.351 e. The van der Waals surface area contributed by atoms with Crippen molar-refractivity contribution >= 4 is 29.7 Å². The van der Waals surface area contributed by atoms with Gasteiger partial charge in [-0.1, -0.05) is 18.5 Å². The average molecular weight is 392 g/mol. The topological polar surface area (TPSA) is 123 Å². The highest BCUT2D eigenvalue weighted by Gasteiger charge is 2.58. The molecule has 11 heteroatoms. The quantitative estimate of drug-likeness (QED) is 0.406. The maximum atomic E-state index is 15.0. The van der Waals surface area contributed by atoms with E-state index in [4.69, 9.17) is 31.5 Å². The largest absolute Gasteiger partial charge is 0.454 e. The maximum Gasteiger partial charge on any atom is 0.351 e. The molecule has 2 heterocycles. The van der Waals surface area contributed by atoms with Crippen molar-refractivity contribution in [3.8, 4) is 0 Å². The van der Waals surface area contributed by atoms with Crippen LogP contribution >= 0.6 is 11.6 Å². The minimum absolute atomic E-state index is 0.0180. The number of anilines is 1. The van der Waals surface area contributed by atoms with Gasteiger partial charge in [-0.3, -0.25) is 9.36 Å². The van der Waals surface area contributed by atoms with Gasteiger partial charge in [-0.05, 0) is 13.0 Å². The van der Waals surface area contributed by atoms with Crippen molar-refractivity contribution in [1.82, 2.24) is 9.55 Å². The number of nitrogens with two attached hydrogens (primary N) is 1. The predicted octanol–water partition coefficient (Wildman–Crippen LogP) is 0.553. The lowest BCUT2D eigenvalue weighted by atomic mass is 10.1. The molecule has 0 radical (unpaired) electrons. The lowest BCUT2D eigenvalue weighted by Gasteiger charge is -2.27. The van der Waals surface area contributed by atoms with Gasteiger partial charge in [0.2, 0.25) is 5.06 Å². The number of nitrogen functional groups attached to an aromatic ring is 1. The van der Waals surface area contributed by atoms with Crippen LogP contribution in [0.25, 0.3) is 0 Å². The van der Waals surface area contributed by atoms with Gasteiger partial charge in [-0.2, -0.15) is 4.98 Å². The predicted molar refractivity (Wildman–Crippen MR) is 88.2 cm³/mol. The number of aromatic nitrogens is 2. The number of carbonyl (C=O) groups is 2. The van der Waals surface area contributed by atoms with E-state index in [1.54, 1.807) is 0 Å². The number of hydrogen-bond donors (Lipinski definition) is 1. The molecule has 0 bridgehead atoms. The molecule has 0 amide bonds. The van der Waals surface area contributed by atoms with Crippen molar-refractivity contribution in [3.05, 3.63) is 22.7 Å². The van der Waals surface area contributed by atoms with Gasteiger partial charge < -0.3 is 24.7 Å². The molecule has 26 heavy (non-hydrogen) atoms. The summed E-state index contributed by atoms with van der Waals surface area (Å²) in [6.45, 7) is 2.52. The van der Waals surface area contributed by atoms with E-state index in [-0.39, 0.29) is 12.2 Å². The molecule has 0 aliphatic carbocycles. The fourth-order valence-corrected chi connectivity index (χ4v) is 2.65. The molecule has 2 rings (SSSR count). The summed E-state index contributed by atoms with van der Waals surface area (Å²) < 4.78 is 31.6. The van der Waals surface area contributed by atoms with E-state index in [0.717, 1.165) is 4.57 Å². The maximum absolute atomic E-state index is 15.0. The summed E-state index contributed by atoms with van der Waals surface area (Å²) in [4.78, 5) is 37.8. The highest BCUT2D eigenvalue weighted by atomic mass is 35.5. The summed E-state index contributed by atoms with van der Waals surface area (Å²) in [5, 5.41) is -1.94. The molecule has 0 saturated carbocycles. The monoisotopic (exact) mass is 391 g/mol. The van der Waals surface area contributed by atoms with Crippen LogP contribution in [0.2, 0.25) is 0 Å². The number of alkyl halides is 2. The van der Waals surface area contributed by atoms with Crippen LogP contribution in [0.4, 0.5) is 10.2 Å². The third-order valence-electron chi connectivity index (χ3n) is 3.71. The average Bonchev–Trinajstić information content (AvgIpc) is 2.84. The first kappa shape index (κ1) is 20.3. The van der Waals surface area contributed by atoms with E-state index >= 15 is 0 Å². The Bertz CT molecular complexity index is 732. The summed E-state index contributed by atoms with van der Waals surface area (Å²) in [5.41, 5.74) is 4.55. The van der Waals surface area contributed by atoms with E-state index in [1.165, 1.54) is 26.1 Å². The van der Waals surface area contributed by atoms with Crippen LogP contribution in [-0.4, -0.2) is 51.9 Å². The van der Waals surface area contributed by atoms with E-state index in [1.807, 2.05) is 0 Å².